The Morgan fingerprint density at radius 1 is 0.654 bits per heavy atom. The molecule has 156 valence electrons. The Morgan fingerprint density at radius 3 is 1.23 bits per heavy atom. The second kappa shape index (κ2) is 23.5. The average Bonchev–Trinajstić information content (AvgIpc) is 2.59. The lowest BCUT2D eigenvalue weighted by molar-refractivity contribution is -0.113. The zero-order valence-corrected chi connectivity index (χ0v) is 16.1. The average molecular weight is 379 g/mol. The smallest absolute Gasteiger partial charge is 0.448 e. The highest BCUT2D eigenvalue weighted by Gasteiger charge is 1.98. The van der Waals surface area contributed by atoms with Crippen molar-refractivity contribution in [1.29, 1.82) is 0 Å². The van der Waals surface area contributed by atoms with Crippen molar-refractivity contribution in [1.82, 2.24) is 5.64 Å². The van der Waals surface area contributed by atoms with E-state index in [-0.39, 0.29) is 0 Å². The summed E-state index contributed by atoms with van der Waals surface area (Å²) in [5, 5.41) is 24.0. The van der Waals surface area contributed by atoms with E-state index >= 15 is 0 Å². The van der Waals surface area contributed by atoms with Crippen LogP contribution in [0.15, 0.2) is 0 Å². The van der Waals surface area contributed by atoms with E-state index in [1.807, 2.05) is 0 Å². The van der Waals surface area contributed by atoms with Crippen molar-refractivity contribution in [2.24, 2.45) is 0 Å². The van der Waals surface area contributed by atoms with Gasteiger partial charge in [0.05, 0.1) is 0 Å². The van der Waals surface area contributed by atoms with Crippen molar-refractivity contribution in [3.8, 4) is 0 Å². The quantitative estimate of drug-likeness (QED) is 0.211. The number of rotatable bonds is 16. The summed E-state index contributed by atoms with van der Waals surface area (Å²) in [4.78, 5) is 25.7. The van der Waals surface area contributed by atoms with E-state index in [1.54, 1.807) is 0 Å². The Hall–Kier alpha value is -1.54. The minimum absolute atomic E-state index is 0.373. The van der Waals surface area contributed by atoms with Gasteiger partial charge in [0.2, 0.25) is 0 Å². The van der Waals surface area contributed by atoms with Gasteiger partial charge in [-0.1, -0.05) is 90.4 Å². The number of aliphatic hydroxyl groups excluding tert-OH is 1. The summed E-state index contributed by atoms with van der Waals surface area (Å²) in [7, 11) is 0. The highest BCUT2D eigenvalue weighted by molar-refractivity contribution is 5.57. The first kappa shape index (κ1) is 26.7. The van der Waals surface area contributed by atoms with Gasteiger partial charge in [-0.05, 0) is 6.42 Å². The predicted molar refractivity (Wildman–Crippen MR) is 98.8 cm³/mol. The molecule has 0 fully saturated rings. The van der Waals surface area contributed by atoms with Crippen LogP contribution in [0.5, 0.6) is 0 Å². The van der Waals surface area contributed by atoms with Crippen LogP contribution in [0.1, 0.15) is 96.8 Å². The molecule has 0 saturated heterocycles. The van der Waals surface area contributed by atoms with E-state index in [9.17, 15) is 9.59 Å². The highest BCUT2D eigenvalue weighted by atomic mass is 17.0. The molecule has 0 aliphatic rings. The summed E-state index contributed by atoms with van der Waals surface area (Å²) in [6.07, 6.45) is 15.8. The maximum absolute atomic E-state index is 9.42. The molecule has 26 heavy (non-hydrogen) atoms. The van der Waals surface area contributed by atoms with Crippen LogP contribution in [0, 0.1) is 0 Å². The third-order valence-corrected chi connectivity index (χ3v) is 3.77. The number of carboxylic acid groups (broad SMARTS) is 2. The fourth-order valence-electron chi connectivity index (χ4n) is 2.40. The minimum atomic E-state index is -1.68. The predicted octanol–water partition coefficient (Wildman–Crippen LogP) is 5.26. The Labute approximate surface area is 156 Å². The fourth-order valence-corrected chi connectivity index (χ4v) is 2.40. The lowest BCUT2D eigenvalue weighted by Crippen LogP contribution is -2.21. The van der Waals surface area contributed by atoms with Gasteiger partial charge >= 0.3 is 12.3 Å². The third kappa shape index (κ3) is 30.4. The van der Waals surface area contributed by atoms with Gasteiger partial charge in [0.25, 0.3) is 0 Å². The highest BCUT2D eigenvalue weighted by Crippen LogP contribution is 2.12. The van der Waals surface area contributed by atoms with Crippen molar-refractivity contribution in [2.75, 3.05) is 6.61 Å². The molecule has 4 N–H and O–H groups in total. The molecule has 0 aromatic rings. The molecule has 0 atom stereocenters. The molecule has 0 saturated carbocycles. The van der Waals surface area contributed by atoms with Gasteiger partial charge in [0.15, 0.2) is 0 Å². The fraction of sp³-hybridized carbons (Fsp3) is 0.889. The summed E-state index contributed by atoms with van der Waals surface area (Å²) in [5.74, 6) is 0. The summed E-state index contributed by atoms with van der Waals surface area (Å²) >= 11 is 0. The third-order valence-electron chi connectivity index (χ3n) is 3.77. The SMILES string of the molecule is CCCCCCCCCCCCCCCCO.O=C(O)ONOC(=O)O. The molecule has 8 nitrogen and oxygen atoms in total. The maximum Gasteiger partial charge on any atom is 0.527 e. The number of unbranched alkanes of at least 4 members (excludes halogenated alkanes) is 13. The van der Waals surface area contributed by atoms with E-state index in [4.69, 9.17) is 15.3 Å². The standard InChI is InChI=1S/C16H34O.C2H3NO6/c1-2-3-4-5-6-7-8-9-10-11-12-13-14-15-16-17;4-1(5)8-3-9-2(6)7/h17H,2-16H2,1H3;3H,(H,4,5)(H,6,7). The van der Waals surface area contributed by atoms with Gasteiger partial charge in [-0.3, -0.25) is 0 Å². The van der Waals surface area contributed by atoms with Crippen LogP contribution in [-0.4, -0.2) is 34.2 Å². The Balaban J connectivity index is 0. The van der Waals surface area contributed by atoms with E-state index < -0.39 is 12.3 Å². The zero-order valence-electron chi connectivity index (χ0n) is 16.1. The lowest BCUT2D eigenvalue weighted by atomic mass is 10.0. The molecule has 0 aliphatic carbocycles. The maximum atomic E-state index is 9.42. The van der Waals surface area contributed by atoms with Gasteiger partial charge in [-0.25, -0.2) is 9.59 Å². The summed E-state index contributed by atoms with van der Waals surface area (Å²) in [5.41, 5.74) is 1.19. The first-order valence-electron chi connectivity index (χ1n) is 9.70. The van der Waals surface area contributed by atoms with Gasteiger partial charge in [0, 0.05) is 12.3 Å². The Morgan fingerprint density at radius 2 is 0.962 bits per heavy atom. The van der Waals surface area contributed by atoms with Crippen molar-refractivity contribution < 1.29 is 34.6 Å². The molecular formula is C18H37NO7. The van der Waals surface area contributed by atoms with Crippen LogP contribution in [0.4, 0.5) is 9.59 Å². The molecule has 0 aliphatic heterocycles. The van der Waals surface area contributed by atoms with Crippen LogP contribution >= 0.6 is 0 Å². The van der Waals surface area contributed by atoms with Crippen molar-refractivity contribution >= 4 is 12.3 Å². The van der Waals surface area contributed by atoms with Crippen LogP contribution < -0.4 is 5.64 Å². The molecule has 0 heterocycles. The second-order valence-corrected chi connectivity index (χ2v) is 6.14. The first-order valence-corrected chi connectivity index (χ1v) is 9.70. The van der Waals surface area contributed by atoms with E-state index in [2.05, 4.69) is 16.6 Å². The second-order valence-electron chi connectivity index (χ2n) is 6.14. The summed E-state index contributed by atoms with van der Waals surface area (Å²) in [6, 6.07) is 0. The molecule has 0 unspecified atom stereocenters. The molecule has 0 bridgehead atoms. The van der Waals surface area contributed by atoms with Crippen molar-refractivity contribution in [3.63, 3.8) is 0 Å². The van der Waals surface area contributed by atoms with Crippen molar-refractivity contribution in [3.05, 3.63) is 0 Å². The molecule has 0 rings (SSSR count). The van der Waals surface area contributed by atoms with Gasteiger partial charge in [-0.2, -0.15) is 0 Å². The van der Waals surface area contributed by atoms with Crippen LogP contribution in [-0.2, 0) is 9.68 Å². The number of hydrogen-bond acceptors (Lipinski definition) is 6. The molecule has 0 aromatic heterocycles. The Kier molecular flexibility index (Phi) is 24.1. The molecule has 0 aromatic carbocycles. The largest absolute Gasteiger partial charge is 0.527 e. The number of aliphatic hydroxyl groups is 1. The van der Waals surface area contributed by atoms with Crippen LogP contribution in [0.25, 0.3) is 0 Å². The number of hydrogen-bond donors (Lipinski definition) is 4. The Bertz CT molecular complexity index is 286. The van der Waals surface area contributed by atoms with E-state index in [0.29, 0.717) is 6.61 Å². The normalized spacial score (nSPS) is 9.92. The molecular weight excluding hydrogens is 342 g/mol. The topological polar surface area (TPSA) is 125 Å². The number of nitrogens with one attached hydrogen (secondary N) is 1. The minimum Gasteiger partial charge on any atom is -0.448 e. The monoisotopic (exact) mass is 379 g/mol. The number of carbonyl (C=O) groups is 2. The van der Waals surface area contributed by atoms with Crippen LogP contribution in [0.2, 0.25) is 0 Å². The first-order chi connectivity index (χ1) is 12.5. The van der Waals surface area contributed by atoms with Gasteiger partial charge in [-0.15, -0.1) is 0 Å². The van der Waals surface area contributed by atoms with Crippen molar-refractivity contribution in [2.45, 2.75) is 96.8 Å². The lowest BCUT2D eigenvalue weighted by Gasteiger charge is -2.02. The van der Waals surface area contributed by atoms with E-state index in [1.165, 1.54) is 89.1 Å². The molecule has 8 heteroatoms. The van der Waals surface area contributed by atoms with E-state index in [0.717, 1.165) is 6.42 Å². The van der Waals surface area contributed by atoms with Gasteiger partial charge < -0.3 is 25.0 Å². The molecule has 0 amide bonds. The summed E-state index contributed by atoms with van der Waals surface area (Å²) in [6.45, 7) is 2.65. The van der Waals surface area contributed by atoms with Crippen LogP contribution in [0.3, 0.4) is 0 Å². The molecule has 0 radical (unpaired) electrons. The molecule has 0 spiro atoms. The van der Waals surface area contributed by atoms with Gasteiger partial charge in [0.1, 0.15) is 0 Å². The zero-order chi connectivity index (χ0) is 19.9. The summed E-state index contributed by atoms with van der Waals surface area (Å²) < 4.78 is 0.